The van der Waals surface area contributed by atoms with Gasteiger partial charge in [0.2, 0.25) is 0 Å². The maximum Gasteiger partial charge on any atom is 0.407 e. The largest absolute Gasteiger partial charge is 0.496 e. The number of amides is 1. The molecule has 2 aromatic rings. The van der Waals surface area contributed by atoms with Crippen LogP contribution in [0, 0.1) is 0 Å². The van der Waals surface area contributed by atoms with E-state index in [0.29, 0.717) is 6.42 Å². The molecule has 0 saturated carbocycles. The van der Waals surface area contributed by atoms with Gasteiger partial charge in [0.1, 0.15) is 12.4 Å². The van der Waals surface area contributed by atoms with Gasteiger partial charge < -0.3 is 14.8 Å². The summed E-state index contributed by atoms with van der Waals surface area (Å²) in [6, 6.07) is 17.4. The molecule has 0 aromatic heterocycles. The van der Waals surface area contributed by atoms with Crippen LogP contribution in [0.5, 0.6) is 5.75 Å². The number of ether oxygens (including phenoxy) is 2. The third kappa shape index (κ3) is 5.33. The molecular formula is C19H23NO3. The van der Waals surface area contributed by atoms with E-state index in [0.717, 1.165) is 16.9 Å². The van der Waals surface area contributed by atoms with E-state index in [1.165, 1.54) is 0 Å². The zero-order chi connectivity index (χ0) is 16.7. The van der Waals surface area contributed by atoms with Crippen molar-refractivity contribution in [2.24, 2.45) is 0 Å². The first-order chi connectivity index (χ1) is 11.0. The van der Waals surface area contributed by atoms with Crippen LogP contribution in [0.1, 0.15) is 25.0 Å². The summed E-state index contributed by atoms with van der Waals surface area (Å²) in [7, 11) is 1.65. The van der Waals surface area contributed by atoms with Crippen molar-refractivity contribution in [2.45, 2.75) is 32.4 Å². The van der Waals surface area contributed by atoms with Crippen LogP contribution in [0.4, 0.5) is 4.79 Å². The zero-order valence-electron chi connectivity index (χ0n) is 13.8. The molecule has 0 aliphatic rings. The fourth-order valence-electron chi connectivity index (χ4n) is 2.40. The smallest absolute Gasteiger partial charge is 0.407 e. The molecule has 0 unspecified atom stereocenters. The Morgan fingerprint density at radius 3 is 2.39 bits per heavy atom. The molecular weight excluding hydrogens is 290 g/mol. The first kappa shape index (κ1) is 16.9. The topological polar surface area (TPSA) is 47.6 Å². The van der Waals surface area contributed by atoms with Crippen LogP contribution in [-0.2, 0) is 17.8 Å². The number of benzene rings is 2. The summed E-state index contributed by atoms with van der Waals surface area (Å²) in [6.07, 6.45) is 0.228. The highest BCUT2D eigenvalue weighted by Gasteiger charge is 2.23. The quantitative estimate of drug-likeness (QED) is 0.878. The minimum Gasteiger partial charge on any atom is -0.496 e. The maximum atomic E-state index is 12.0. The van der Waals surface area contributed by atoms with Crippen molar-refractivity contribution in [2.75, 3.05) is 7.11 Å². The molecule has 0 bridgehead atoms. The average molecular weight is 313 g/mol. The summed E-state index contributed by atoms with van der Waals surface area (Å²) < 4.78 is 10.6. The fraction of sp³-hybridized carbons (Fsp3) is 0.316. The molecule has 0 radical (unpaired) electrons. The number of carbonyl (C=O) groups excluding carboxylic acids is 1. The summed E-state index contributed by atoms with van der Waals surface area (Å²) in [5.41, 5.74) is 1.57. The Bertz CT molecular complexity index is 638. The molecule has 1 N–H and O–H groups in total. The van der Waals surface area contributed by atoms with Crippen molar-refractivity contribution in [3.05, 3.63) is 65.7 Å². The van der Waals surface area contributed by atoms with Crippen LogP contribution in [0.3, 0.4) is 0 Å². The fourth-order valence-corrected chi connectivity index (χ4v) is 2.40. The third-order valence-electron chi connectivity index (χ3n) is 3.48. The van der Waals surface area contributed by atoms with Gasteiger partial charge in [0, 0.05) is 5.54 Å². The molecule has 1 amide bonds. The molecule has 122 valence electrons. The van der Waals surface area contributed by atoms with Gasteiger partial charge in [-0.3, -0.25) is 0 Å². The average Bonchev–Trinajstić information content (AvgIpc) is 2.53. The van der Waals surface area contributed by atoms with E-state index >= 15 is 0 Å². The lowest BCUT2D eigenvalue weighted by Crippen LogP contribution is -2.45. The Morgan fingerprint density at radius 2 is 1.70 bits per heavy atom. The van der Waals surface area contributed by atoms with E-state index in [1.54, 1.807) is 7.11 Å². The van der Waals surface area contributed by atoms with Crippen LogP contribution in [0.2, 0.25) is 0 Å². The van der Waals surface area contributed by atoms with Crippen molar-refractivity contribution >= 4 is 6.09 Å². The second kappa shape index (κ2) is 7.68. The maximum absolute atomic E-state index is 12.0. The predicted molar refractivity (Wildman–Crippen MR) is 90.5 cm³/mol. The molecule has 0 aliphatic heterocycles. The van der Waals surface area contributed by atoms with Crippen molar-refractivity contribution in [3.8, 4) is 5.75 Å². The number of hydrogen-bond acceptors (Lipinski definition) is 3. The molecule has 0 spiro atoms. The Labute approximate surface area is 137 Å². The van der Waals surface area contributed by atoms with Gasteiger partial charge in [-0.25, -0.2) is 4.79 Å². The lowest BCUT2D eigenvalue weighted by atomic mass is 9.94. The van der Waals surface area contributed by atoms with Crippen LogP contribution in [0.25, 0.3) is 0 Å². The summed E-state index contributed by atoms with van der Waals surface area (Å²) in [5, 5.41) is 2.91. The summed E-state index contributed by atoms with van der Waals surface area (Å²) in [6.45, 7) is 4.18. The second-order valence-corrected chi connectivity index (χ2v) is 6.06. The predicted octanol–water partition coefficient (Wildman–Crippen LogP) is 3.94. The van der Waals surface area contributed by atoms with E-state index in [2.05, 4.69) is 5.32 Å². The number of nitrogens with one attached hydrogen (secondary N) is 1. The molecule has 4 nitrogen and oxygen atoms in total. The standard InChI is InChI=1S/C19H23NO3/c1-19(2,13-16-11-7-8-12-17(16)22-3)20-18(21)23-14-15-9-5-4-6-10-15/h4-12H,13-14H2,1-3H3,(H,20,21). The Kier molecular flexibility index (Phi) is 5.63. The summed E-state index contributed by atoms with van der Waals surface area (Å²) in [5.74, 6) is 0.819. The molecule has 2 rings (SSSR count). The van der Waals surface area contributed by atoms with E-state index in [4.69, 9.17) is 9.47 Å². The van der Waals surface area contributed by atoms with Crippen LogP contribution in [-0.4, -0.2) is 18.7 Å². The Morgan fingerprint density at radius 1 is 1.04 bits per heavy atom. The molecule has 0 fully saturated rings. The Hall–Kier alpha value is -2.49. The minimum absolute atomic E-state index is 0.261. The van der Waals surface area contributed by atoms with E-state index in [1.807, 2.05) is 68.4 Å². The van der Waals surface area contributed by atoms with Gasteiger partial charge in [-0.1, -0.05) is 48.5 Å². The highest BCUT2D eigenvalue weighted by Crippen LogP contribution is 2.22. The lowest BCUT2D eigenvalue weighted by molar-refractivity contribution is 0.129. The first-order valence-electron chi connectivity index (χ1n) is 7.61. The first-order valence-corrected chi connectivity index (χ1v) is 7.61. The number of alkyl carbamates (subject to hydrolysis) is 1. The molecule has 0 saturated heterocycles. The van der Waals surface area contributed by atoms with E-state index in [-0.39, 0.29) is 6.61 Å². The van der Waals surface area contributed by atoms with Crippen molar-refractivity contribution < 1.29 is 14.3 Å². The van der Waals surface area contributed by atoms with Gasteiger partial charge in [-0.15, -0.1) is 0 Å². The summed E-state index contributed by atoms with van der Waals surface area (Å²) in [4.78, 5) is 12.0. The van der Waals surface area contributed by atoms with Crippen LogP contribution >= 0.6 is 0 Å². The highest BCUT2D eigenvalue weighted by molar-refractivity contribution is 5.68. The number of rotatable bonds is 6. The number of para-hydroxylation sites is 1. The highest BCUT2D eigenvalue weighted by atomic mass is 16.5. The van der Waals surface area contributed by atoms with Crippen molar-refractivity contribution in [1.29, 1.82) is 0 Å². The van der Waals surface area contributed by atoms with Crippen molar-refractivity contribution in [3.63, 3.8) is 0 Å². The number of methoxy groups -OCH3 is 1. The molecule has 2 aromatic carbocycles. The van der Waals surface area contributed by atoms with Gasteiger partial charge in [0.15, 0.2) is 0 Å². The second-order valence-electron chi connectivity index (χ2n) is 6.06. The van der Waals surface area contributed by atoms with Gasteiger partial charge in [-0.05, 0) is 37.5 Å². The van der Waals surface area contributed by atoms with Gasteiger partial charge in [0.05, 0.1) is 7.11 Å². The monoisotopic (exact) mass is 313 g/mol. The molecule has 0 atom stereocenters. The van der Waals surface area contributed by atoms with Gasteiger partial charge >= 0.3 is 6.09 Å². The van der Waals surface area contributed by atoms with E-state index < -0.39 is 11.6 Å². The van der Waals surface area contributed by atoms with E-state index in [9.17, 15) is 4.79 Å². The zero-order valence-corrected chi connectivity index (χ0v) is 13.8. The van der Waals surface area contributed by atoms with Crippen LogP contribution in [0.15, 0.2) is 54.6 Å². The lowest BCUT2D eigenvalue weighted by Gasteiger charge is -2.26. The van der Waals surface area contributed by atoms with Crippen LogP contribution < -0.4 is 10.1 Å². The molecule has 4 heteroatoms. The summed E-state index contributed by atoms with van der Waals surface area (Å²) >= 11 is 0. The third-order valence-corrected chi connectivity index (χ3v) is 3.48. The molecule has 0 aliphatic carbocycles. The minimum atomic E-state index is -0.442. The molecule has 23 heavy (non-hydrogen) atoms. The molecule has 0 heterocycles. The normalized spacial score (nSPS) is 10.9. The van der Waals surface area contributed by atoms with Gasteiger partial charge in [0.25, 0.3) is 0 Å². The Balaban J connectivity index is 1.91. The van der Waals surface area contributed by atoms with Gasteiger partial charge in [-0.2, -0.15) is 0 Å². The number of hydrogen-bond donors (Lipinski definition) is 1. The number of carbonyl (C=O) groups is 1. The van der Waals surface area contributed by atoms with Crippen molar-refractivity contribution in [1.82, 2.24) is 5.32 Å². The SMILES string of the molecule is COc1ccccc1CC(C)(C)NC(=O)OCc1ccccc1.